The molecule has 0 amide bonds. The van der Waals surface area contributed by atoms with Gasteiger partial charge in [-0.25, -0.2) is 0 Å². The van der Waals surface area contributed by atoms with Crippen LogP contribution in [0, 0.1) is 5.21 Å². The summed E-state index contributed by atoms with van der Waals surface area (Å²) in [4.78, 5) is 0.607. The number of halogens is 2. The van der Waals surface area contributed by atoms with Gasteiger partial charge in [-0.2, -0.15) is 0 Å². The standard InChI is InChI=1S/C12H8Br2N2O/c13-9-1-5-11(6-2-9)15-16(17)12-7-3-10(14)4-8-12/h1-8H. The molecule has 0 aromatic heterocycles. The molecule has 3 nitrogen and oxygen atoms in total. The van der Waals surface area contributed by atoms with Crippen LogP contribution < -0.4 is 0 Å². The van der Waals surface area contributed by atoms with Crippen molar-refractivity contribution in [2.75, 3.05) is 0 Å². The van der Waals surface area contributed by atoms with Gasteiger partial charge >= 0.3 is 0 Å². The zero-order valence-electron chi connectivity index (χ0n) is 8.68. The van der Waals surface area contributed by atoms with Crippen molar-refractivity contribution in [1.29, 1.82) is 0 Å². The van der Waals surface area contributed by atoms with Gasteiger partial charge in [0.1, 0.15) is 5.69 Å². The quantitative estimate of drug-likeness (QED) is 0.417. The van der Waals surface area contributed by atoms with Gasteiger partial charge in [0.25, 0.3) is 0 Å². The molecule has 0 fully saturated rings. The van der Waals surface area contributed by atoms with Crippen molar-refractivity contribution in [3.8, 4) is 0 Å². The van der Waals surface area contributed by atoms with E-state index in [1.807, 2.05) is 12.1 Å². The highest BCUT2D eigenvalue weighted by Crippen LogP contribution is 2.21. The van der Waals surface area contributed by atoms with E-state index in [4.69, 9.17) is 0 Å². The number of rotatable bonds is 2. The first-order chi connectivity index (χ1) is 8.15. The molecule has 17 heavy (non-hydrogen) atoms. The lowest BCUT2D eigenvalue weighted by Gasteiger charge is -1.99. The molecule has 0 saturated carbocycles. The van der Waals surface area contributed by atoms with E-state index >= 15 is 0 Å². The van der Waals surface area contributed by atoms with Crippen molar-refractivity contribution < 1.29 is 4.86 Å². The lowest BCUT2D eigenvalue weighted by Crippen LogP contribution is -1.89. The molecule has 2 aromatic rings. The Labute approximate surface area is 116 Å². The monoisotopic (exact) mass is 354 g/mol. The van der Waals surface area contributed by atoms with Gasteiger partial charge in [-0.05, 0) is 36.4 Å². The van der Waals surface area contributed by atoms with Crippen molar-refractivity contribution >= 4 is 43.2 Å². The van der Waals surface area contributed by atoms with Crippen molar-refractivity contribution in [3.05, 3.63) is 62.7 Å². The SMILES string of the molecule is [O-][N+](=Nc1ccc(Br)cc1)c1ccc(Br)cc1. The first kappa shape index (κ1) is 12.3. The minimum absolute atomic E-state index is 0.496. The smallest absolute Gasteiger partial charge is 0.244 e. The Bertz CT molecular complexity index is 535. The van der Waals surface area contributed by atoms with E-state index in [9.17, 15) is 5.21 Å². The maximum atomic E-state index is 11.7. The maximum Gasteiger partial charge on any atom is 0.244 e. The average Bonchev–Trinajstić information content (AvgIpc) is 2.33. The molecule has 0 N–H and O–H groups in total. The van der Waals surface area contributed by atoms with E-state index in [-0.39, 0.29) is 0 Å². The van der Waals surface area contributed by atoms with Gasteiger partial charge in [0, 0.05) is 26.2 Å². The molecular formula is C12H8Br2N2O. The molecule has 0 aliphatic rings. The molecule has 0 heterocycles. The number of hydrogen-bond donors (Lipinski definition) is 0. The van der Waals surface area contributed by atoms with Gasteiger partial charge < -0.3 is 5.21 Å². The van der Waals surface area contributed by atoms with Gasteiger partial charge in [-0.3, -0.25) is 0 Å². The molecule has 0 saturated heterocycles. The Hall–Kier alpha value is -1.20. The Kier molecular flexibility index (Phi) is 3.91. The Balaban J connectivity index is 2.27. The van der Waals surface area contributed by atoms with Crippen LogP contribution in [0.5, 0.6) is 0 Å². The summed E-state index contributed by atoms with van der Waals surface area (Å²) in [5.41, 5.74) is 1.11. The second-order valence-electron chi connectivity index (χ2n) is 3.33. The van der Waals surface area contributed by atoms with E-state index in [1.165, 1.54) is 0 Å². The van der Waals surface area contributed by atoms with Crippen molar-refractivity contribution in [1.82, 2.24) is 0 Å². The fraction of sp³-hybridized carbons (Fsp3) is 0. The van der Waals surface area contributed by atoms with E-state index in [0.717, 1.165) is 8.95 Å². The minimum Gasteiger partial charge on any atom is -0.594 e. The predicted octanol–water partition coefficient (Wildman–Crippen LogP) is 5.14. The average molecular weight is 356 g/mol. The van der Waals surface area contributed by atoms with E-state index in [2.05, 4.69) is 37.0 Å². The fourth-order valence-electron chi connectivity index (χ4n) is 1.24. The molecule has 0 spiro atoms. The lowest BCUT2D eigenvalue weighted by atomic mass is 10.3. The molecule has 0 bridgehead atoms. The molecule has 5 heteroatoms. The van der Waals surface area contributed by atoms with Gasteiger partial charge in [0.05, 0.1) is 0 Å². The first-order valence-electron chi connectivity index (χ1n) is 4.85. The van der Waals surface area contributed by atoms with Crippen LogP contribution in [0.4, 0.5) is 11.4 Å². The Morgan fingerprint density at radius 3 is 1.82 bits per heavy atom. The van der Waals surface area contributed by atoms with Crippen LogP contribution in [-0.4, -0.2) is 4.86 Å². The summed E-state index contributed by atoms with van der Waals surface area (Å²) < 4.78 is 1.89. The Morgan fingerprint density at radius 1 is 0.824 bits per heavy atom. The fourth-order valence-corrected chi connectivity index (χ4v) is 1.77. The highest BCUT2D eigenvalue weighted by molar-refractivity contribution is 9.10. The van der Waals surface area contributed by atoms with Gasteiger partial charge in [0.15, 0.2) is 0 Å². The zero-order chi connectivity index (χ0) is 12.3. The summed E-state index contributed by atoms with van der Waals surface area (Å²) in [5.74, 6) is 0. The van der Waals surface area contributed by atoms with Gasteiger partial charge in [-0.15, -0.1) is 0 Å². The van der Waals surface area contributed by atoms with E-state index in [0.29, 0.717) is 16.2 Å². The number of nitrogens with zero attached hydrogens (tertiary/aromatic N) is 2. The molecule has 0 unspecified atom stereocenters. The van der Waals surface area contributed by atoms with E-state index in [1.54, 1.807) is 36.4 Å². The number of azo groups is 1. The van der Waals surface area contributed by atoms with Crippen molar-refractivity contribution in [2.24, 2.45) is 5.11 Å². The third-order valence-electron chi connectivity index (χ3n) is 2.08. The summed E-state index contributed by atoms with van der Waals surface area (Å²) in [6.07, 6.45) is 0. The molecule has 86 valence electrons. The summed E-state index contributed by atoms with van der Waals surface area (Å²) in [6.45, 7) is 0. The van der Waals surface area contributed by atoms with Gasteiger partial charge in [0.2, 0.25) is 5.69 Å². The van der Waals surface area contributed by atoms with Crippen molar-refractivity contribution in [3.63, 3.8) is 0 Å². The maximum absolute atomic E-state index is 11.7. The second-order valence-corrected chi connectivity index (χ2v) is 5.16. The van der Waals surface area contributed by atoms with Crippen LogP contribution in [-0.2, 0) is 0 Å². The molecule has 2 aromatic carbocycles. The molecular weight excluding hydrogens is 348 g/mol. The largest absolute Gasteiger partial charge is 0.594 e. The number of hydrogen-bond acceptors (Lipinski definition) is 2. The first-order valence-corrected chi connectivity index (χ1v) is 6.44. The molecule has 0 aliphatic carbocycles. The topological polar surface area (TPSA) is 38.4 Å². The molecule has 0 radical (unpaired) electrons. The highest BCUT2D eigenvalue weighted by Gasteiger charge is 2.03. The summed E-state index contributed by atoms with van der Waals surface area (Å²) in [6, 6.07) is 14.2. The molecule has 0 aliphatic heterocycles. The summed E-state index contributed by atoms with van der Waals surface area (Å²) in [5, 5.41) is 15.7. The highest BCUT2D eigenvalue weighted by atomic mass is 79.9. The van der Waals surface area contributed by atoms with Crippen LogP contribution in [0.1, 0.15) is 0 Å². The van der Waals surface area contributed by atoms with Crippen LogP contribution in [0.25, 0.3) is 0 Å². The summed E-state index contributed by atoms with van der Waals surface area (Å²) >= 11 is 6.64. The van der Waals surface area contributed by atoms with Crippen LogP contribution in [0.2, 0.25) is 0 Å². The molecule has 2 rings (SSSR count). The lowest BCUT2D eigenvalue weighted by molar-refractivity contribution is -0.435. The number of benzene rings is 2. The van der Waals surface area contributed by atoms with Gasteiger partial charge in [-0.1, -0.05) is 36.7 Å². The third-order valence-corrected chi connectivity index (χ3v) is 3.14. The minimum atomic E-state index is 0.496. The van der Waals surface area contributed by atoms with Crippen molar-refractivity contribution in [2.45, 2.75) is 0 Å². The predicted molar refractivity (Wildman–Crippen MR) is 73.7 cm³/mol. The van der Waals surface area contributed by atoms with Crippen LogP contribution >= 0.6 is 31.9 Å². The van der Waals surface area contributed by atoms with E-state index < -0.39 is 0 Å². The third kappa shape index (κ3) is 3.38. The summed E-state index contributed by atoms with van der Waals surface area (Å²) in [7, 11) is 0. The normalized spacial score (nSPS) is 11.5. The zero-order valence-corrected chi connectivity index (χ0v) is 11.8. The van der Waals surface area contributed by atoms with Crippen LogP contribution in [0.15, 0.2) is 62.6 Å². The molecule has 0 atom stereocenters. The van der Waals surface area contributed by atoms with Crippen LogP contribution in [0.3, 0.4) is 0 Å². The second kappa shape index (κ2) is 5.42. The Morgan fingerprint density at radius 2 is 1.29 bits per heavy atom.